The van der Waals surface area contributed by atoms with Crippen molar-refractivity contribution in [3.63, 3.8) is 0 Å². The van der Waals surface area contributed by atoms with E-state index in [2.05, 4.69) is 6.58 Å². The highest BCUT2D eigenvalue weighted by molar-refractivity contribution is 7.37. The largest absolute Gasteiger partial charge is 0.505 e. The number of halogens is 1. The minimum Gasteiger partial charge on any atom is -0.276 e. The summed E-state index contributed by atoms with van der Waals surface area (Å²) in [6.45, 7) is 3.31. The average Bonchev–Trinajstić information content (AvgIpc) is 1.82. The standard InChI is InChI=1S/C5H6ClO3P/c1-4(5(6)7)2-3-10(8)9/h1-3H2/p+1. The van der Waals surface area contributed by atoms with E-state index in [0.717, 1.165) is 0 Å². The molecule has 10 heavy (non-hydrogen) atoms. The summed E-state index contributed by atoms with van der Waals surface area (Å²) in [6, 6.07) is 0. The van der Waals surface area contributed by atoms with Gasteiger partial charge in [-0.25, -0.2) is 0 Å². The Morgan fingerprint density at radius 2 is 2.20 bits per heavy atom. The SMILES string of the molecule is C=C(CC[P+](=O)O)C(=O)Cl. The zero-order chi connectivity index (χ0) is 8.15. The van der Waals surface area contributed by atoms with Crippen LogP contribution in [0.25, 0.3) is 0 Å². The molecule has 0 saturated carbocycles. The molecule has 0 radical (unpaired) electrons. The van der Waals surface area contributed by atoms with Crippen molar-refractivity contribution in [2.24, 2.45) is 0 Å². The van der Waals surface area contributed by atoms with Crippen LogP contribution < -0.4 is 0 Å². The molecule has 0 saturated heterocycles. The number of allylic oxidation sites excluding steroid dienone is 1. The average molecular weight is 182 g/mol. The van der Waals surface area contributed by atoms with Crippen LogP contribution in [0.4, 0.5) is 0 Å². The second kappa shape index (κ2) is 4.56. The molecule has 0 rings (SSSR count). The summed E-state index contributed by atoms with van der Waals surface area (Å²) in [6.07, 6.45) is 0.237. The second-order valence-corrected chi connectivity index (χ2v) is 3.20. The summed E-state index contributed by atoms with van der Waals surface area (Å²) < 4.78 is 10.1. The predicted molar refractivity (Wildman–Crippen MR) is 39.3 cm³/mol. The van der Waals surface area contributed by atoms with Gasteiger partial charge in [0.15, 0.2) is 6.16 Å². The van der Waals surface area contributed by atoms with Crippen LogP contribution in [0.5, 0.6) is 0 Å². The predicted octanol–water partition coefficient (Wildman–Crippen LogP) is 1.43. The van der Waals surface area contributed by atoms with Crippen LogP contribution in [-0.2, 0) is 9.36 Å². The lowest BCUT2D eigenvalue weighted by Gasteiger charge is -1.88. The summed E-state index contributed by atoms with van der Waals surface area (Å²) in [7, 11) is -2.18. The summed E-state index contributed by atoms with van der Waals surface area (Å²) in [5.74, 6) is 0. The molecule has 0 heterocycles. The summed E-state index contributed by atoms with van der Waals surface area (Å²) in [4.78, 5) is 18.5. The topological polar surface area (TPSA) is 54.4 Å². The van der Waals surface area contributed by atoms with Gasteiger partial charge in [0.05, 0.1) is 0 Å². The van der Waals surface area contributed by atoms with Crippen LogP contribution in [0, 0.1) is 0 Å². The van der Waals surface area contributed by atoms with Crippen LogP contribution in [0.3, 0.4) is 0 Å². The molecule has 0 bridgehead atoms. The lowest BCUT2D eigenvalue weighted by molar-refractivity contribution is -0.108. The molecule has 0 aromatic heterocycles. The van der Waals surface area contributed by atoms with Gasteiger partial charge in [0, 0.05) is 12.0 Å². The Bertz CT molecular complexity index is 178. The monoisotopic (exact) mass is 181 g/mol. The Labute approximate surface area is 64.6 Å². The summed E-state index contributed by atoms with van der Waals surface area (Å²) >= 11 is 5.00. The molecule has 1 unspecified atom stereocenters. The van der Waals surface area contributed by atoms with Gasteiger partial charge in [-0.2, -0.15) is 4.89 Å². The first-order valence-corrected chi connectivity index (χ1v) is 4.32. The van der Waals surface area contributed by atoms with Crippen molar-refractivity contribution in [2.75, 3.05) is 6.16 Å². The normalized spacial score (nSPS) is 10.8. The van der Waals surface area contributed by atoms with Crippen LogP contribution in [0.1, 0.15) is 6.42 Å². The van der Waals surface area contributed by atoms with E-state index in [1.165, 1.54) is 0 Å². The Kier molecular flexibility index (Phi) is 4.45. The van der Waals surface area contributed by atoms with Crippen molar-refractivity contribution in [3.05, 3.63) is 12.2 Å². The highest BCUT2D eigenvalue weighted by Crippen LogP contribution is 2.17. The maximum absolute atomic E-state index is 10.2. The molecule has 56 valence electrons. The molecule has 0 amide bonds. The van der Waals surface area contributed by atoms with E-state index >= 15 is 0 Å². The lowest BCUT2D eigenvalue weighted by atomic mass is 10.3. The minimum atomic E-state index is -2.18. The minimum absolute atomic E-state index is 0.0482. The van der Waals surface area contributed by atoms with Crippen LogP contribution in [-0.4, -0.2) is 16.3 Å². The maximum Gasteiger partial charge on any atom is 0.505 e. The van der Waals surface area contributed by atoms with E-state index in [4.69, 9.17) is 16.5 Å². The maximum atomic E-state index is 10.2. The third-order valence-corrected chi connectivity index (χ3v) is 1.76. The quantitative estimate of drug-likeness (QED) is 0.406. The molecule has 1 N–H and O–H groups in total. The highest BCUT2D eigenvalue weighted by Gasteiger charge is 2.12. The zero-order valence-corrected chi connectivity index (χ0v) is 6.86. The molecular weight excluding hydrogens is 174 g/mol. The molecule has 0 aliphatic rings. The van der Waals surface area contributed by atoms with Gasteiger partial charge in [0.2, 0.25) is 5.24 Å². The van der Waals surface area contributed by atoms with E-state index < -0.39 is 13.3 Å². The fourth-order valence-electron chi connectivity index (χ4n) is 0.329. The van der Waals surface area contributed by atoms with Crippen molar-refractivity contribution in [3.8, 4) is 0 Å². The van der Waals surface area contributed by atoms with Crippen molar-refractivity contribution in [1.29, 1.82) is 0 Å². The van der Waals surface area contributed by atoms with Gasteiger partial charge >= 0.3 is 8.03 Å². The molecule has 0 spiro atoms. The number of rotatable bonds is 4. The third-order valence-electron chi connectivity index (χ3n) is 0.883. The lowest BCUT2D eigenvalue weighted by Crippen LogP contribution is -1.92. The second-order valence-electron chi connectivity index (χ2n) is 1.70. The Hall–Kier alpha value is -0.240. The highest BCUT2D eigenvalue weighted by atomic mass is 35.5. The van der Waals surface area contributed by atoms with Gasteiger partial charge in [-0.05, 0) is 16.2 Å². The van der Waals surface area contributed by atoms with E-state index in [1.807, 2.05) is 0 Å². The van der Waals surface area contributed by atoms with Gasteiger partial charge in [-0.15, -0.1) is 0 Å². The summed E-state index contributed by atoms with van der Waals surface area (Å²) in [5, 5.41) is -0.642. The van der Waals surface area contributed by atoms with Crippen LogP contribution in [0.15, 0.2) is 12.2 Å². The van der Waals surface area contributed by atoms with E-state index in [9.17, 15) is 9.36 Å². The van der Waals surface area contributed by atoms with E-state index in [0.29, 0.717) is 0 Å². The number of carbonyl (C=O) groups excluding carboxylic acids is 1. The van der Waals surface area contributed by atoms with Crippen LogP contribution >= 0.6 is 19.6 Å². The Morgan fingerprint density at radius 1 is 1.70 bits per heavy atom. The van der Waals surface area contributed by atoms with Crippen LogP contribution in [0.2, 0.25) is 0 Å². The van der Waals surface area contributed by atoms with Gasteiger partial charge in [-0.1, -0.05) is 6.58 Å². The third kappa shape index (κ3) is 4.62. The zero-order valence-electron chi connectivity index (χ0n) is 5.21. The smallest absolute Gasteiger partial charge is 0.276 e. The molecule has 0 aliphatic heterocycles. The Balaban J connectivity index is 3.60. The van der Waals surface area contributed by atoms with Crippen molar-refractivity contribution in [1.82, 2.24) is 0 Å². The molecule has 3 nitrogen and oxygen atoms in total. The molecule has 5 heteroatoms. The molecule has 1 atom stereocenters. The first kappa shape index (κ1) is 9.76. The number of carbonyl (C=O) groups is 1. The molecule has 0 aromatic carbocycles. The fraction of sp³-hybridized carbons (Fsp3) is 0.400. The fourth-order valence-corrected chi connectivity index (χ4v) is 0.885. The molecule has 0 aliphatic carbocycles. The first-order chi connectivity index (χ1) is 4.54. The van der Waals surface area contributed by atoms with E-state index in [1.54, 1.807) is 0 Å². The van der Waals surface area contributed by atoms with Gasteiger partial charge in [0.25, 0.3) is 0 Å². The molecular formula is C5H7ClO3P+. The Morgan fingerprint density at radius 3 is 2.50 bits per heavy atom. The number of hydrogen-bond donors (Lipinski definition) is 1. The van der Waals surface area contributed by atoms with E-state index in [-0.39, 0.29) is 18.2 Å². The number of hydrogen-bond acceptors (Lipinski definition) is 2. The van der Waals surface area contributed by atoms with Gasteiger partial charge in [-0.3, -0.25) is 4.79 Å². The van der Waals surface area contributed by atoms with Gasteiger partial charge in [0.1, 0.15) is 0 Å². The van der Waals surface area contributed by atoms with Gasteiger partial charge < -0.3 is 0 Å². The van der Waals surface area contributed by atoms with Crippen molar-refractivity contribution in [2.45, 2.75) is 6.42 Å². The van der Waals surface area contributed by atoms with Crippen molar-refractivity contribution < 1.29 is 14.3 Å². The van der Waals surface area contributed by atoms with Crippen molar-refractivity contribution >= 4 is 24.9 Å². The first-order valence-electron chi connectivity index (χ1n) is 2.55. The molecule has 0 fully saturated rings. The molecule has 0 aromatic rings. The summed E-state index contributed by atoms with van der Waals surface area (Å²) in [5.41, 5.74) is 0.180.